The van der Waals surface area contributed by atoms with E-state index in [1.54, 1.807) is 12.1 Å². The molecular weight excluding hydrogens is 286 g/mol. The highest BCUT2D eigenvalue weighted by molar-refractivity contribution is 9.10. The first-order valence-electron chi connectivity index (χ1n) is 5.54. The van der Waals surface area contributed by atoms with Crippen LogP contribution in [-0.4, -0.2) is 30.3 Å². The number of phenols is 1. The van der Waals surface area contributed by atoms with Gasteiger partial charge in [-0.25, -0.2) is 0 Å². The third-order valence-electron chi connectivity index (χ3n) is 2.76. The monoisotopic (exact) mass is 299 g/mol. The van der Waals surface area contributed by atoms with Crippen molar-refractivity contribution in [3.63, 3.8) is 0 Å². The van der Waals surface area contributed by atoms with E-state index in [2.05, 4.69) is 21.2 Å². The minimum atomic E-state index is -0.153. The highest BCUT2D eigenvalue weighted by Crippen LogP contribution is 2.24. The lowest BCUT2D eigenvalue weighted by Gasteiger charge is -2.23. The molecule has 0 saturated carbocycles. The summed E-state index contributed by atoms with van der Waals surface area (Å²) in [5, 5.41) is 12.4. The van der Waals surface area contributed by atoms with Crippen LogP contribution in [0.2, 0.25) is 0 Å². The van der Waals surface area contributed by atoms with Gasteiger partial charge in [0.1, 0.15) is 5.75 Å². The lowest BCUT2D eigenvalue weighted by atomic mass is 10.1. The van der Waals surface area contributed by atoms with Gasteiger partial charge in [0.05, 0.1) is 4.47 Å². The van der Waals surface area contributed by atoms with Gasteiger partial charge in [-0.1, -0.05) is 0 Å². The van der Waals surface area contributed by atoms with E-state index in [1.165, 1.54) is 6.07 Å². The van der Waals surface area contributed by atoms with Gasteiger partial charge in [0.25, 0.3) is 5.91 Å². The second-order valence-corrected chi connectivity index (χ2v) is 4.88. The van der Waals surface area contributed by atoms with Crippen LogP contribution in [0.5, 0.6) is 5.75 Å². The molecule has 1 amide bonds. The zero-order chi connectivity index (χ0) is 12.3. The lowest BCUT2D eigenvalue weighted by Crippen LogP contribution is -2.38. The Balaban J connectivity index is 2.01. The Hall–Kier alpha value is -1.07. The molecule has 0 aromatic heterocycles. The fourth-order valence-corrected chi connectivity index (χ4v) is 2.01. The van der Waals surface area contributed by atoms with E-state index in [0.29, 0.717) is 23.2 Å². The van der Waals surface area contributed by atoms with E-state index in [-0.39, 0.29) is 17.7 Å². The molecule has 17 heavy (non-hydrogen) atoms. The summed E-state index contributed by atoms with van der Waals surface area (Å²) in [6.45, 7) is 1.38. The zero-order valence-corrected chi connectivity index (χ0v) is 10.9. The number of hydrogen-bond donors (Lipinski definition) is 2. The third-order valence-corrected chi connectivity index (χ3v) is 3.44. The molecule has 1 fully saturated rings. The summed E-state index contributed by atoms with van der Waals surface area (Å²) in [6.07, 6.45) is 1.68. The van der Waals surface area contributed by atoms with Crippen LogP contribution in [0.15, 0.2) is 22.7 Å². The summed E-state index contributed by atoms with van der Waals surface area (Å²) in [5.41, 5.74) is 0.470. The van der Waals surface area contributed by atoms with Crippen LogP contribution in [0.1, 0.15) is 23.2 Å². The summed E-state index contributed by atoms with van der Waals surface area (Å²) in [5.74, 6) is -0.0793. The van der Waals surface area contributed by atoms with Crippen molar-refractivity contribution in [2.75, 3.05) is 13.2 Å². The van der Waals surface area contributed by atoms with Crippen LogP contribution < -0.4 is 5.32 Å². The number of phenolic OH excluding ortho intramolecular Hbond substituents is 1. The molecule has 5 heteroatoms. The fraction of sp³-hybridized carbons (Fsp3) is 0.417. The van der Waals surface area contributed by atoms with Crippen molar-refractivity contribution < 1.29 is 14.6 Å². The van der Waals surface area contributed by atoms with Gasteiger partial charge < -0.3 is 15.2 Å². The van der Waals surface area contributed by atoms with Crippen LogP contribution in [0.25, 0.3) is 0 Å². The van der Waals surface area contributed by atoms with Gasteiger partial charge in [-0.05, 0) is 47.0 Å². The minimum Gasteiger partial charge on any atom is -0.507 e. The van der Waals surface area contributed by atoms with E-state index in [1.807, 2.05) is 0 Å². The standard InChI is InChI=1S/C12H14BrNO3/c13-10-2-1-8(7-11(10)15)12(16)14-9-3-5-17-6-4-9/h1-2,7,9,15H,3-6H2,(H,14,16). The molecule has 1 aromatic carbocycles. The van der Waals surface area contributed by atoms with Crippen molar-refractivity contribution in [1.82, 2.24) is 5.32 Å². The Morgan fingerprint density at radius 3 is 2.76 bits per heavy atom. The molecule has 1 saturated heterocycles. The van der Waals surface area contributed by atoms with Gasteiger partial charge in [0.15, 0.2) is 0 Å². The maximum absolute atomic E-state index is 11.9. The molecule has 0 bridgehead atoms. The Morgan fingerprint density at radius 2 is 2.12 bits per heavy atom. The number of halogens is 1. The molecule has 92 valence electrons. The van der Waals surface area contributed by atoms with Crippen molar-refractivity contribution >= 4 is 21.8 Å². The molecule has 0 spiro atoms. The SMILES string of the molecule is O=C(NC1CCOCC1)c1ccc(Br)c(O)c1. The van der Waals surface area contributed by atoms with Crippen molar-refractivity contribution in [2.24, 2.45) is 0 Å². The molecule has 1 aliphatic rings. The minimum absolute atomic E-state index is 0.0737. The predicted molar refractivity (Wildman–Crippen MR) is 67.1 cm³/mol. The van der Waals surface area contributed by atoms with Gasteiger partial charge in [-0.15, -0.1) is 0 Å². The molecular formula is C12H14BrNO3. The molecule has 1 aromatic rings. The largest absolute Gasteiger partial charge is 0.507 e. The number of benzene rings is 1. The van der Waals surface area contributed by atoms with Gasteiger partial charge in [-0.3, -0.25) is 4.79 Å². The van der Waals surface area contributed by atoms with Crippen LogP contribution in [0.4, 0.5) is 0 Å². The second-order valence-electron chi connectivity index (χ2n) is 4.03. The third kappa shape index (κ3) is 3.20. The zero-order valence-electron chi connectivity index (χ0n) is 9.28. The number of hydrogen-bond acceptors (Lipinski definition) is 3. The van der Waals surface area contributed by atoms with Gasteiger partial charge >= 0.3 is 0 Å². The highest BCUT2D eigenvalue weighted by Gasteiger charge is 2.17. The maximum Gasteiger partial charge on any atom is 0.251 e. The second kappa shape index (κ2) is 5.51. The summed E-state index contributed by atoms with van der Waals surface area (Å²) in [7, 11) is 0. The number of carbonyl (C=O) groups is 1. The van der Waals surface area contributed by atoms with Crippen LogP contribution in [0.3, 0.4) is 0 Å². The number of carbonyl (C=O) groups excluding carboxylic acids is 1. The normalized spacial score (nSPS) is 16.8. The van der Waals surface area contributed by atoms with Crippen molar-refractivity contribution in [3.05, 3.63) is 28.2 Å². The number of amides is 1. The summed E-state index contributed by atoms with van der Waals surface area (Å²) in [4.78, 5) is 11.9. The molecule has 2 N–H and O–H groups in total. The Bertz CT molecular complexity index is 416. The molecule has 0 aliphatic carbocycles. The van der Waals surface area contributed by atoms with Gasteiger partial charge in [0.2, 0.25) is 0 Å². The summed E-state index contributed by atoms with van der Waals surface area (Å²) < 4.78 is 5.81. The topological polar surface area (TPSA) is 58.6 Å². The van der Waals surface area contributed by atoms with Crippen LogP contribution in [-0.2, 0) is 4.74 Å². The highest BCUT2D eigenvalue weighted by atomic mass is 79.9. The van der Waals surface area contributed by atoms with Gasteiger partial charge in [-0.2, -0.15) is 0 Å². The Labute approximate surface area is 108 Å². The van der Waals surface area contributed by atoms with Gasteiger partial charge in [0, 0.05) is 24.8 Å². The van der Waals surface area contributed by atoms with E-state index in [9.17, 15) is 9.90 Å². The number of ether oxygens (including phenoxy) is 1. The van der Waals surface area contributed by atoms with E-state index in [0.717, 1.165) is 12.8 Å². The molecule has 0 atom stereocenters. The van der Waals surface area contributed by atoms with Crippen molar-refractivity contribution in [1.29, 1.82) is 0 Å². The average Bonchev–Trinajstić information content (AvgIpc) is 2.34. The first kappa shape index (κ1) is 12.4. The average molecular weight is 300 g/mol. The first-order valence-corrected chi connectivity index (χ1v) is 6.33. The van der Waals surface area contributed by atoms with E-state index < -0.39 is 0 Å². The molecule has 0 unspecified atom stereocenters. The summed E-state index contributed by atoms with van der Waals surface area (Å²) in [6, 6.07) is 4.97. The fourth-order valence-electron chi connectivity index (χ4n) is 1.76. The molecule has 4 nitrogen and oxygen atoms in total. The summed E-state index contributed by atoms with van der Waals surface area (Å²) >= 11 is 3.18. The van der Waals surface area contributed by atoms with Crippen molar-refractivity contribution in [2.45, 2.75) is 18.9 Å². The molecule has 1 aliphatic heterocycles. The number of rotatable bonds is 2. The predicted octanol–water partition coefficient (Wildman–Crippen LogP) is 2.06. The van der Waals surface area contributed by atoms with E-state index >= 15 is 0 Å². The molecule has 0 radical (unpaired) electrons. The van der Waals surface area contributed by atoms with Crippen LogP contribution >= 0.6 is 15.9 Å². The lowest BCUT2D eigenvalue weighted by molar-refractivity contribution is 0.0696. The first-order chi connectivity index (χ1) is 8.16. The van der Waals surface area contributed by atoms with Crippen molar-refractivity contribution in [3.8, 4) is 5.75 Å². The Kier molecular flexibility index (Phi) is 4.02. The smallest absolute Gasteiger partial charge is 0.251 e. The Morgan fingerprint density at radius 1 is 1.41 bits per heavy atom. The number of nitrogens with one attached hydrogen (secondary N) is 1. The molecule has 2 rings (SSSR count). The quantitative estimate of drug-likeness (QED) is 0.879. The maximum atomic E-state index is 11.9. The molecule has 1 heterocycles. The van der Waals surface area contributed by atoms with E-state index in [4.69, 9.17) is 4.74 Å². The van der Waals surface area contributed by atoms with Crippen LogP contribution in [0, 0.1) is 0 Å². The number of aromatic hydroxyl groups is 1.